The Morgan fingerprint density at radius 2 is 1.33 bits per heavy atom. The molecule has 1 aromatic carbocycles. The molecule has 1 rings (SSSR count). The third kappa shape index (κ3) is 4.73. The van der Waals surface area contributed by atoms with Crippen LogP contribution in [-0.4, -0.2) is 13.2 Å². The van der Waals surface area contributed by atoms with Gasteiger partial charge in [0.05, 0.1) is 13.2 Å². The van der Waals surface area contributed by atoms with Gasteiger partial charge in [0.25, 0.3) is 0 Å². The monoisotopic (exact) mass is 208 g/mol. The van der Waals surface area contributed by atoms with Crippen LogP contribution >= 0.6 is 0 Å². The minimum Gasteiger partial charge on any atom is -0.494 e. The molecular weight excluding hydrogens is 188 g/mol. The molecule has 0 amide bonds. The number of unbranched alkanes of at least 4 members (excludes halogenated alkanes) is 1. The van der Waals surface area contributed by atoms with Crippen molar-refractivity contribution < 1.29 is 9.47 Å². The molecule has 0 aliphatic carbocycles. The summed E-state index contributed by atoms with van der Waals surface area (Å²) in [4.78, 5) is 0. The molecule has 0 radical (unpaired) electrons. The van der Waals surface area contributed by atoms with Crippen molar-refractivity contribution in [2.75, 3.05) is 13.2 Å². The number of hydrogen-bond donors (Lipinski definition) is 0. The zero-order valence-corrected chi connectivity index (χ0v) is 9.66. The Morgan fingerprint density at radius 3 is 1.80 bits per heavy atom. The molecular formula is C13H20O2. The van der Waals surface area contributed by atoms with Crippen LogP contribution in [-0.2, 0) is 0 Å². The van der Waals surface area contributed by atoms with Crippen LogP contribution in [0.5, 0.6) is 11.5 Å². The zero-order chi connectivity index (χ0) is 10.9. The van der Waals surface area contributed by atoms with Crippen molar-refractivity contribution in [1.29, 1.82) is 0 Å². The molecule has 15 heavy (non-hydrogen) atoms. The Kier molecular flexibility index (Phi) is 5.67. The maximum absolute atomic E-state index is 5.55. The van der Waals surface area contributed by atoms with Gasteiger partial charge in [-0.2, -0.15) is 0 Å². The third-order valence-corrected chi connectivity index (χ3v) is 2.06. The average molecular weight is 208 g/mol. The average Bonchev–Trinajstić information content (AvgIpc) is 2.28. The molecule has 1 aromatic rings. The molecule has 0 fully saturated rings. The molecule has 0 saturated carbocycles. The topological polar surface area (TPSA) is 18.5 Å². The molecule has 2 nitrogen and oxygen atoms in total. The fraction of sp³-hybridized carbons (Fsp3) is 0.538. The molecule has 0 saturated heterocycles. The summed E-state index contributed by atoms with van der Waals surface area (Å²) in [5.41, 5.74) is 0. The van der Waals surface area contributed by atoms with Gasteiger partial charge in [-0.1, -0.05) is 20.3 Å². The highest BCUT2D eigenvalue weighted by molar-refractivity contribution is 5.31. The van der Waals surface area contributed by atoms with E-state index in [0.717, 1.165) is 44.0 Å². The first kappa shape index (κ1) is 11.9. The SMILES string of the molecule is CCCCOc1ccc(OCCC)cc1. The van der Waals surface area contributed by atoms with Crippen LogP contribution < -0.4 is 9.47 Å². The Bertz CT molecular complexity index is 254. The smallest absolute Gasteiger partial charge is 0.119 e. The van der Waals surface area contributed by atoms with E-state index in [0.29, 0.717) is 0 Å². The first-order valence-corrected chi connectivity index (χ1v) is 5.72. The summed E-state index contributed by atoms with van der Waals surface area (Å²) in [6, 6.07) is 7.83. The van der Waals surface area contributed by atoms with Crippen molar-refractivity contribution in [3.8, 4) is 11.5 Å². The molecule has 0 N–H and O–H groups in total. The number of hydrogen-bond acceptors (Lipinski definition) is 2. The van der Waals surface area contributed by atoms with E-state index in [-0.39, 0.29) is 0 Å². The van der Waals surface area contributed by atoms with Crippen molar-refractivity contribution in [2.24, 2.45) is 0 Å². The van der Waals surface area contributed by atoms with E-state index in [9.17, 15) is 0 Å². The van der Waals surface area contributed by atoms with Gasteiger partial charge in [-0.15, -0.1) is 0 Å². The summed E-state index contributed by atoms with van der Waals surface area (Å²) in [5, 5.41) is 0. The van der Waals surface area contributed by atoms with Crippen LogP contribution in [0.1, 0.15) is 33.1 Å². The molecule has 0 heterocycles. The normalized spacial score (nSPS) is 10.0. The van der Waals surface area contributed by atoms with E-state index >= 15 is 0 Å². The molecule has 0 bridgehead atoms. The lowest BCUT2D eigenvalue weighted by atomic mass is 10.3. The van der Waals surface area contributed by atoms with Gasteiger partial charge < -0.3 is 9.47 Å². The number of rotatable bonds is 7. The lowest BCUT2D eigenvalue weighted by molar-refractivity contribution is 0.304. The van der Waals surface area contributed by atoms with Crippen molar-refractivity contribution in [2.45, 2.75) is 33.1 Å². The molecule has 0 unspecified atom stereocenters. The highest BCUT2D eigenvalue weighted by atomic mass is 16.5. The van der Waals surface area contributed by atoms with Gasteiger partial charge in [0.1, 0.15) is 11.5 Å². The Morgan fingerprint density at radius 1 is 0.800 bits per heavy atom. The van der Waals surface area contributed by atoms with Gasteiger partial charge in [0.15, 0.2) is 0 Å². The van der Waals surface area contributed by atoms with E-state index in [1.54, 1.807) is 0 Å². The van der Waals surface area contributed by atoms with Crippen molar-refractivity contribution in [1.82, 2.24) is 0 Å². The summed E-state index contributed by atoms with van der Waals surface area (Å²) in [7, 11) is 0. The molecule has 0 aliphatic rings. The summed E-state index contributed by atoms with van der Waals surface area (Å²) < 4.78 is 11.0. The predicted octanol–water partition coefficient (Wildman–Crippen LogP) is 3.65. The van der Waals surface area contributed by atoms with Gasteiger partial charge in [-0.3, -0.25) is 0 Å². The van der Waals surface area contributed by atoms with Crippen LogP contribution in [0, 0.1) is 0 Å². The van der Waals surface area contributed by atoms with Crippen molar-refractivity contribution in [3.63, 3.8) is 0 Å². The van der Waals surface area contributed by atoms with Gasteiger partial charge in [-0.05, 0) is 37.1 Å². The predicted molar refractivity (Wildman–Crippen MR) is 62.6 cm³/mol. The van der Waals surface area contributed by atoms with Gasteiger partial charge in [-0.25, -0.2) is 0 Å². The molecule has 0 aromatic heterocycles. The highest BCUT2D eigenvalue weighted by Gasteiger charge is 1.95. The van der Waals surface area contributed by atoms with E-state index in [1.807, 2.05) is 24.3 Å². The van der Waals surface area contributed by atoms with Crippen LogP contribution in [0.25, 0.3) is 0 Å². The molecule has 0 aliphatic heterocycles. The summed E-state index contributed by atoms with van der Waals surface area (Å²) in [6.45, 7) is 5.83. The Hall–Kier alpha value is -1.18. The van der Waals surface area contributed by atoms with Gasteiger partial charge in [0, 0.05) is 0 Å². The minimum atomic E-state index is 0.774. The van der Waals surface area contributed by atoms with Gasteiger partial charge >= 0.3 is 0 Å². The van der Waals surface area contributed by atoms with E-state index in [4.69, 9.17) is 9.47 Å². The fourth-order valence-corrected chi connectivity index (χ4v) is 1.19. The maximum Gasteiger partial charge on any atom is 0.119 e. The largest absolute Gasteiger partial charge is 0.494 e. The Labute approximate surface area is 92.2 Å². The maximum atomic E-state index is 5.55. The standard InChI is InChI=1S/C13H20O2/c1-3-5-11-15-13-8-6-12(7-9-13)14-10-4-2/h6-9H,3-5,10-11H2,1-2H3. The second kappa shape index (κ2) is 7.16. The fourth-order valence-electron chi connectivity index (χ4n) is 1.19. The lowest BCUT2D eigenvalue weighted by Crippen LogP contribution is -1.97. The second-order valence-electron chi connectivity index (χ2n) is 3.52. The van der Waals surface area contributed by atoms with Crippen molar-refractivity contribution >= 4 is 0 Å². The molecule has 0 atom stereocenters. The van der Waals surface area contributed by atoms with E-state index in [1.165, 1.54) is 0 Å². The number of ether oxygens (including phenoxy) is 2. The zero-order valence-electron chi connectivity index (χ0n) is 9.66. The van der Waals surface area contributed by atoms with Crippen LogP contribution in [0.2, 0.25) is 0 Å². The van der Waals surface area contributed by atoms with Crippen LogP contribution in [0.15, 0.2) is 24.3 Å². The second-order valence-corrected chi connectivity index (χ2v) is 3.52. The first-order valence-electron chi connectivity index (χ1n) is 5.72. The minimum absolute atomic E-state index is 0.774. The van der Waals surface area contributed by atoms with Crippen molar-refractivity contribution in [3.05, 3.63) is 24.3 Å². The Balaban J connectivity index is 2.35. The summed E-state index contributed by atoms with van der Waals surface area (Å²) in [6.07, 6.45) is 3.31. The quantitative estimate of drug-likeness (QED) is 0.637. The third-order valence-electron chi connectivity index (χ3n) is 2.06. The van der Waals surface area contributed by atoms with E-state index < -0.39 is 0 Å². The summed E-state index contributed by atoms with van der Waals surface area (Å²) in [5.74, 6) is 1.84. The van der Waals surface area contributed by atoms with Crippen LogP contribution in [0.3, 0.4) is 0 Å². The lowest BCUT2D eigenvalue weighted by Gasteiger charge is -2.07. The van der Waals surface area contributed by atoms with Crippen LogP contribution in [0.4, 0.5) is 0 Å². The highest BCUT2D eigenvalue weighted by Crippen LogP contribution is 2.17. The molecule has 2 heteroatoms. The summed E-state index contributed by atoms with van der Waals surface area (Å²) >= 11 is 0. The molecule has 0 spiro atoms. The van der Waals surface area contributed by atoms with E-state index in [2.05, 4.69) is 13.8 Å². The molecule has 84 valence electrons. The number of benzene rings is 1. The first-order chi connectivity index (χ1) is 7.36. The van der Waals surface area contributed by atoms with Gasteiger partial charge in [0.2, 0.25) is 0 Å².